The summed E-state index contributed by atoms with van der Waals surface area (Å²) in [7, 11) is 5.73. The lowest BCUT2D eigenvalue weighted by atomic mass is 9.91. The molecule has 0 aliphatic heterocycles. The molecule has 2 radical (unpaired) electrons. The Balaban J connectivity index is 2.97. The smallest absolute Gasteiger partial charge is 0.116 e. The molecule has 0 fully saturated rings. The highest BCUT2D eigenvalue weighted by Crippen LogP contribution is 2.26. The van der Waals surface area contributed by atoms with Gasteiger partial charge in [-0.3, -0.25) is 0 Å². The van der Waals surface area contributed by atoms with Crippen molar-refractivity contribution in [2.45, 2.75) is 0 Å². The maximum Gasteiger partial charge on any atom is 0.116 e. The van der Waals surface area contributed by atoms with Crippen molar-refractivity contribution in [2.75, 3.05) is 5.73 Å². The summed E-state index contributed by atoms with van der Waals surface area (Å²) in [6.07, 6.45) is 0. The summed E-state index contributed by atoms with van der Waals surface area (Å²) in [5.74, 6) is 0. The fourth-order valence-corrected chi connectivity index (χ4v) is 1.97. The summed E-state index contributed by atoms with van der Waals surface area (Å²) in [5.41, 5.74) is 7.11. The van der Waals surface area contributed by atoms with Gasteiger partial charge in [-0.1, -0.05) is 51.7 Å². The number of nitrogen functional groups attached to an aromatic ring is 1. The van der Waals surface area contributed by atoms with E-state index in [1.54, 1.807) is 0 Å². The van der Waals surface area contributed by atoms with Gasteiger partial charge in [-0.05, 0) is 5.39 Å². The van der Waals surface area contributed by atoms with E-state index < -0.39 is 0 Å². The van der Waals surface area contributed by atoms with Crippen LogP contribution in [-0.4, -0.2) is 7.85 Å². The van der Waals surface area contributed by atoms with Crippen LogP contribution in [0.2, 0.25) is 0 Å². The lowest BCUT2D eigenvalue weighted by Gasteiger charge is -2.07. The lowest BCUT2D eigenvalue weighted by molar-refractivity contribution is 1.73. The number of rotatable bonds is 0. The van der Waals surface area contributed by atoms with E-state index in [0.717, 1.165) is 15.2 Å². The summed E-state index contributed by atoms with van der Waals surface area (Å²) in [6.45, 7) is 0. The Labute approximate surface area is 86.5 Å². The minimum Gasteiger partial charge on any atom is -0.399 e. The van der Waals surface area contributed by atoms with Gasteiger partial charge >= 0.3 is 0 Å². The van der Waals surface area contributed by atoms with E-state index in [1.165, 1.54) is 0 Å². The Morgan fingerprint density at radius 3 is 2.46 bits per heavy atom. The van der Waals surface area contributed by atoms with Gasteiger partial charge in [0.1, 0.15) is 7.85 Å². The molecule has 62 valence electrons. The van der Waals surface area contributed by atoms with Crippen LogP contribution in [0.3, 0.4) is 0 Å². The summed E-state index contributed by atoms with van der Waals surface area (Å²) in [6, 6.07) is 9.73. The molecular weight excluding hydrogens is 225 g/mol. The molecule has 2 N–H and O–H groups in total. The number of benzene rings is 2. The summed E-state index contributed by atoms with van der Waals surface area (Å²) < 4.78 is 0.981. The van der Waals surface area contributed by atoms with Gasteiger partial charge in [-0.15, -0.1) is 0 Å². The normalized spacial score (nSPS) is 10.5. The predicted octanol–water partition coefficient (Wildman–Crippen LogP) is 1.98. The number of fused-ring (bicyclic) bond motifs is 1. The molecule has 13 heavy (non-hydrogen) atoms. The van der Waals surface area contributed by atoms with Crippen molar-refractivity contribution in [3.8, 4) is 0 Å². The van der Waals surface area contributed by atoms with E-state index in [2.05, 4.69) is 15.9 Å². The van der Waals surface area contributed by atoms with E-state index in [4.69, 9.17) is 13.6 Å². The topological polar surface area (TPSA) is 26.0 Å². The van der Waals surface area contributed by atoms with Crippen LogP contribution in [0.4, 0.5) is 5.69 Å². The Morgan fingerprint density at radius 2 is 1.77 bits per heavy atom. The molecule has 0 amide bonds. The Morgan fingerprint density at radius 1 is 1.15 bits per heavy atom. The summed E-state index contributed by atoms with van der Waals surface area (Å²) in [5, 5.41) is 2.09. The molecule has 2 rings (SSSR count). The molecule has 2 aromatic rings. The second-order valence-corrected chi connectivity index (χ2v) is 3.76. The number of halogens is 1. The largest absolute Gasteiger partial charge is 0.399 e. The maximum atomic E-state index is 5.84. The zero-order chi connectivity index (χ0) is 9.42. The van der Waals surface area contributed by atoms with E-state index >= 15 is 0 Å². The standard InChI is InChI=1S/C10H7BBrN/c11-8-5-9(12)6-3-1-2-4-7(6)10(8)13/h1-5H,13H2. The number of hydrogen-bond donors (Lipinski definition) is 1. The quantitative estimate of drug-likeness (QED) is 0.545. The Hall–Kier alpha value is -0.955. The SMILES string of the molecule is [B]c1cc(Br)c2ccccc2c1N. The zero-order valence-electron chi connectivity index (χ0n) is 6.92. The van der Waals surface area contributed by atoms with Gasteiger partial charge < -0.3 is 5.73 Å². The third-order valence-electron chi connectivity index (χ3n) is 2.07. The van der Waals surface area contributed by atoms with Crippen LogP contribution in [0.1, 0.15) is 0 Å². The van der Waals surface area contributed by atoms with Crippen molar-refractivity contribution in [1.82, 2.24) is 0 Å². The molecule has 0 bridgehead atoms. The van der Waals surface area contributed by atoms with Crippen molar-refractivity contribution in [3.05, 3.63) is 34.8 Å². The molecule has 2 aromatic carbocycles. The van der Waals surface area contributed by atoms with Gasteiger partial charge in [-0.25, -0.2) is 0 Å². The molecule has 0 aliphatic rings. The second-order valence-electron chi connectivity index (χ2n) is 2.91. The van der Waals surface area contributed by atoms with Gasteiger partial charge in [0.15, 0.2) is 0 Å². The molecule has 0 atom stereocenters. The molecule has 0 saturated heterocycles. The van der Waals surface area contributed by atoms with Crippen LogP contribution in [0.5, 0.6) is 0 Å². The van der Waals surface area contributed by atoms with Crippen molar-refractivity contribution in [1.29, 1.82) is 0 Å². The second kappa shape index (κ2) is 3.07. The molecule has 0 heterocycles. The zero-order valence-corrected chi connectivity index (χ0v) is 8.51. The van der Waals surface area contributed by atoms with E-state index in [-0.39, 0.29) is 0 Å². The minimum absolute atomic E-state index is 0.616. The van der Waals surface area contributed by atoms with Crippen molar-refractivity contribution in [2.24, 2.45) is 0 Å². The molecule has 0 aromatic heterocycles. The Bertz CT molecular complexity index is 468. The fraction of sp³-hybridized carbons (Fsp3) is 0. The molecular formula is C10H7BBrN. The van der Waals surface area contributed by atoms with Crippen LogP contribution in [0, 0.1) is 0 Å². The lowest BCUT2D eigenvalue weighted by Crippen LogP contribution is -2.09. The van der Waals surface area contributed by atoms with Crippen molar-refractivity contribution < 1.29 is 0 Å². The average molecular weight is 232 g/mol. The molecule has 0 spiro atoms. The molecule has 0 saturated carbocycles. The molecule has 0 unspecified atom stereocenters. The van der Waals surface area contributed by atoms with Crippen LogP contribution in [0.25, 0.3) is 10.8 Å². The first kappa shape index (κ1) is 8.63. The van der Waals surface area contributed by atoms with Gasteiger partial charge in [0.2, 0.25) is 0 Å². The van der Waals surface area contributed by atoms with Crippen LogP contribution in [0.15, 0.2) is 34.8 Å². The first-order chi connectivity index (χ1) is 6.20. The molecule has 0 aliphatic carbocycles. The highest BCUT2D eigenvalue weighted by atomic mass is 79.9. The third-order valence-corrected chi connectivity index (χ3v) is 2.72. The van der Waals surface area contributed by atoms with Gasteiger partial charge in [-0.2, -0.15) is 0 Å². The minimum atomic E-state index is 0.616. The number of hydrogen-bond acceptors (Lipinski definition) is 1. The first-order valence-corrected chi connectivity index (χ1v) is 4.71. The Kier molecular flexibility index (Phi) is 2.04. The van der Waals surface area contributed by atoms with Gasteiger partial charge in [0.05, 0.1) is 0 Å². The maximum absolute atomic E-state index is 5.84. The van der Waals surface area contributed by atoms with Crippen LogP contribution >= 0.6 is 15.9 Å². The highest BCUT2D eigenvalue weighted by molar-refractivity contribution is 9.10. The van der Waals surface area contributed by atoms with E-state index in [1.807, 2.05) is 30.3 Å². The summed E-state index contributed by atoms with van der Waals surface area (Å²) >= 11 is 3.45. The van der Waals surface area contributed by atoms with Gasteiger partial charge in [0.25, 0.3) is 0 Å². The number of anilines is 1. The van der Waals surface area contributed by atoms with Gasteiger partial charge in [0, 0.05) is 15.5 Å². The van der Waals surface area contributed by atoms with Crippen molar-refractivity contribution >= 4 is 45.7 Å². The molecule has 1 nitrogen and oxygen atoms in total. The third kappa shape index (κ3) is 1.33. The van der Waals surface area contributed by atoms with E-state index in [0.29, 0.717) is 11.2 Å². The number of nitrogens with two attached hydrogens (primary N) is 1. The first-order valence-electron chi connectivity index (χ1n) is 3.92. The predicted molar refractivity (Wildman–Crippen MR) is 61.4 cm³/mol. The van der Waals surface area contributed by atoms with Crippen molar-refractivity contribution in [3.63, 3.8) is 0 Å². The molecule has 3 heteroatoms. The van der Waals surface area contributed by atoms with E-state index in [9.17, 15) is 0 Å². The summed E-state index contributed by atoms with van der Waals surface area (Å²) in [4.78, 5) is 0. The van der Waals surface area contributed by atoms with Crippen LogP contribution < -0.4 is 11.2 Å². The monoisotopic (exact) mass is 231 g/mol. The van der Waals surface area contributed by atoms with Crippen LogP contribution in [-0.2, 0) is 0 Å². The fourth-order valence-electron chi connectivity index (χ4n) is 1.37. The average Bonchev–Trinajstić information content (AvgIpc) is 2.15. The highest BCUT2D eigenvalue weighted by Gasteiger charge is 2.03.